The number of benzene rings is 1. The maximum Gasteiger partial charge on any atom is 0.347 e. The molecule has 1 aromatic heterocycles. The Balaban J connectivity index is 2.09. The molecule has 2 N–H and O–H groups in total. The summed E-state index contributed by atoms with van der Waals surface area (Å²) in [5, 5.41) is 13.0. The van der Waals surface area contributed by atoms with Gasteiger partial charge in [-0.3, -0.25) is 0 Å². The Labute approximate surface area is 109 Å². The van der Waals surface area contributed by atoms with E-state index in [1.807, 2.05) is 31.2 Å². The maximum atomic E-state index is 10.9. The van der Waals surface area contributed by atoms with Crippen molar-refractivity contribution in [2.45, 2.75) is 20.4 Å². The third kappa shape index (κ3) is 2.68. The van der Waals surface area contributed by atoms with Crippen molar-refractivity contribution < 1.29 is 9.90 Å². The number of carboxylic acids is 1. The van der Waals surface area contributed by atoms with Crippen LogP contribution >= 0.6 is 11.3 Å². The summed E-state index contributed by atoms with van der Waals surface area (Å²) in [6, 6.07) is 7.97. The van der Waals surface area contributed by atoms with E-state index >= 15 is 0 Å². The number of nitrogens with zero attached hydrogens (tertiary/aromatic N) is 1. The van der Waals surface area contributed by atoms with E-state index in [1.165, 1.54) is 11.3 Å². The van der Waals surface area contributed by atoms with Crippen LogP contribution in [0.1, 0.15) is 25.9 Å². The number of anilines is 1. The van der Waals surface area contributed by atoms with Crippen molar-refractivity contribution >= 4 is 23.0 Å². The van der Waals surface area contributed by atoms with Crippen LogP contribution in [0.3, 0.4) is 0 Å². The number of carboxylic acid groups (broad SMARTS) is 1. The van der Waals surface area contributed by atoms with Gasteiger partial charge in [-0.15, -0.1) is 11.3 Å². The highest BCUT2D eigenvalue weighted by Crippen LogP contribution is 2.20. The minimum Gasteiger partial charge on any atom is -0.477 e. The Morgan fingerprint density at radius 2 is 2.11 bits per heavy atom. The molecule has 18 heavy (non-hydrogen) atoms. The molecule has 94 valence electrons. The van der Waals surface area contributed by atoms with Crippen molar-refractivity contribution in [3.63, 3.8) is 0 Å². The molecule has 0 unspecified atom stereocenters. The second kappa shape index (κ2) is 5.18. The van der Waals surface area contributed by atoms with Gasteiger partial charge < -0.3 is 10.4 Å². The molecule has 0 amide bonds. The molecule has 0 aliphatic heterocycles. The van der Waals surface area contributed by atoms with E-state index in [1.54, 1.807) is 6.92 Å². The van der Waals surface area contributed by atoms with Crippen molar-refractivity contribution in [1.29, 1.82) is 0 Å². The summed E-state index contributed by atoms with van der Waals surface area (Å²) >= 11 is 1.22. The Morgan fingerprint density at radius 3 is 2.72 bits per heavy atom. The summed E-state index contributed by atoms with van der Waals surface area (Å²) in [6.45, 7) is 4.29. The fraction of sp³-hybridized carbons (Fsp3) is 0.231. The highest BCUT2D eigenvalue weighted by Gasteiger charge is 2.13. The van der Waals surface area contributed by atoms with Gasteiger partial charge in [0, 0.05) is 5.69 Å². The smallest absolute Gasteiger partial charge is 0.347 e. The second-order valence-corrected chi connectivity index (χ2v) is 5.08. The molecule has 0 spiro atoms. The number of aryl methyl sites for hydroxylation is 2. The molecule has 2 rings (SSSR count). The van der Waals surface area contributed by atoms with Crippen LogP contribution in [-0.2, 0) is 6.54 Å². The molecule has 0 radical (unpaired) electrons. The van der Waals surface area contributed by atoms with Crippen LogP contribution in [0.4, 0.5) is 5.69 Å². The van der Waals surface area contributed by atoms with Gasteiger partial charge >= 0.3 is 5.97 Å². The monoisotopic (exact) mass is 262 g/mol. The van der Waals surface area contributed by atoms with Crippen LogP contribution in [0.25, 0.3) is 0 Å². The molecule has 1 aromatic carbocycles. The second-order valence-electron chi connectivity index (χ2n) is 4.00. The average Bonchev–Trinajstić information content (AvgIpc) is 2.70. The zero-order chi connectivity index (χ0) is 13.1. The van der Waals surface area contributed by atoms with Crippen LogP contribution in [-0.4, -0.2) is 16.1 Å². The van der Waals surface area contributed by atoms with E-state index in [4.69, 9.17) is 5.11 Å². The first-order valence-electron chi connectivity index (χ1n) is 5.57. The number of hydrogen-bond acceptors (Lipinski definition) is 4. The molecule has 0 aliphatic carbocycles. The predicted octanol–water partition coefficient (Wildman–Crippen LogP) is 3.07. The number of para-hydroxylation sites is 1. The Hall–Kier alpha value is -1.88. The topological polar surface area (TPSA) is 62.2 Å². The van der Waals surface area contributed by atoms with Gasteiger partial charge in [0.1, 0.15) is 9.88 Å². The van der Waals surface area contributed by atoms with Crippen molar-refractivity contribution in [2.24, 2.45) is 0 Å². The minimum atomic E-state index is -0.910. The Bertz CT molecular complexity index is 578. The molecule has 1 heterocycles. The molecule has 4 nitrogen and oxygen atoms in total. The molecule has 5 heteroatoms. The first kappa shape index (κ1) is 12.6. The Kier molecular flexibility index (Phi) is 3.62. The average molecular weight is 262 g/mol. The fourth-order valence-corrected chi connectivity index (χ4v) is 2.51. The van der Waals surface area contributed by atoms with Gasteiger partial charge in [-0.25, -0.2) is 9.78 Å². The first-order valence-corrected chi connectivity index (χ1v) is 6.38. The van der Waals surface area contributed by atoms with Gasteiger partial charge in [-0.05, 0) is 25.5 Å². The summed E-state index contributed by atoms with van der Waals surface area (Å²) in [7, 11) is 0. The number of thiazole rings is 1. The fourth-order valence-electron chi connectivity index (χ4n) is 1.67. The third-order valence-electron chi connectivity index (χ3n) is 2.61. The molecule has 0 saturated heterocycles. The number of aromatic nitrogens is 1. The highest BCUT2D eigenvalue weighted by molar-refractivity contribution is 7.13. The van der Waals surface area contributed by atoms with Gasteiger partial charge in [0.15, 0.2) is 0 Å². The number of aromatic carboxylic acids is 1. The van der Waals surface area contributed by atoms with Crippen molar-refractivity contribution in [3.05, 3.63) is 45.4 Å². The molecule has 0 saturated carbocycles. The first-order chi connectivity index (χ1) is 8.58. The van der Waals surface area contributed by atoms with Gasteiger partial charge in [0.05, 0.1) is 12.2 Å². The van der Waals surface area contributed by atoms with Gasteiger partial charge in [-0.2, -0.15) is 0 Å². The van der Waals surface area contributed by atoms with Gasteiger partial charge in [0.2, 0.25) is 0 Å². The van der Waals surface area contributed by atoms with Crippen molar-refractivity contribution in [3.8, 4) is 0 Å². The summed E-state index contributed by atoms with van der Waals surface area (Å²) in [4.78, 5) is 15.5. The van der Waals surface area contributed by atoms with E-state index in [0.29, 0.717) is 17.1 Å². The van der Waals surface area contributed by atoms with Gasteiger partial charge in [-0.1, -0.05) is 18.2 Å². The normalized spacial score (nSPS) is 10.3. The molecule has 0 fully saturated rings. The standard InChI is InChI=1S/C13H14N2O2S/c1-8-5-3-4-6-10(8)14-7-11-15-9(2)12(18-11)13(16)17/h3-6,14H,7H2,1-2H3,(H,16,17). The lowest BCUT2D eigenvalue weighted by atomic mass is 10.2. The van der Waals surface area contributed by atoms with Crippen molar-refractivity contribution in [2.75, 3.05) is 5.32 Å². The zero-order valence-corrected chi connectivity index (χ0v) is 11.0. The summed E-state index contributed by atoms with van der Waals surface area (Å²) < 4.78 is 0. The maximum absolute atomic E-state index is 10.9. The number of carbonyl (C=O) groups is 1. The van der Waals surface area contributed by atoms with Crippen LogP contribution in [0, 0.1) is 13.8 Å². The summed E-state index contributed by atoms with van der Waals surface area (Å²) in [6.07, 6.45) is 0. The van der Waals surface area contributed by atoms with Crippen LogP contribution in [0.5, 0.6) is 0 Å². The van der Waals surface area contributed by atoms with Crippen LogP contribution in [0.15, 0.2) is 24.3 Å². The SMILES string of the molecule is Cc1ccccc1NCc1nc(C)c(C(=O)O)s1. The lowest BCUT2D eigenvalue weighted by molar-refractivity contribution is 0.0701. The van der Waals surface area contributed by atoms with Gasteiger partial charge in [0.25, 0.3) is 0 Å². The highest BCUT2D eigenvalue weighted by atomic mass is 32.1. The molecule has 0 atom stereocenters. The third-order valence-corrected chi connectivity index (χ3v) is 3.76. The molecular weight excluding hydrogens is 248 g/mol. The number of hydrogen-bond donors (Lipinski definition) is 2. The molecular formula is C13H14N2O2S. The lowest BCUT2D eigenvalue weighted by Gasteiger charge is -2.06. The molecule has 0 aliphatic rings. The van der Waals surface area contributed by atoms with E-state index < -0.39 is 5.97 Å². The zero-order valence-electron chi connectivity index (χ0n) is 10.2. The van der Waals surface area contributed by atoms with E-state index in [-0.39, 0.29) is 0 Å². The van der Waals surface area contributed by atoms with Crippen LogP contribution < -0.4 is 5.32 Å². The molecule has 2 aromatic rings. The van der Waals surface area contributed by atoms with E-state index in [9.17, 15) is 4.79 Å². The van der Waals surface area contributed by atoms with Crippen LogP contribution in [0.2, 0.25) is 0 Å². The predicted molar refractivity (Wildman–Crippen MR) is 72.3 cm³/mol. The quantitative estimate of drug-likeness (QED) is 0.889. The molecule has 0 bridgehead atoms. The van der Waals surface area contributed by atoms with E-state index in [2.05, 4.69) is 10.3 Å². The van der Waals surface area contributed by atoms with Crippen molar-refractivity contribution in [1.82, 2.24) is 4.98 Å². The Morgan fingerprint density at radius 1 is 1.39 bits per heavy atom. The summed E-state index contributed by atoms with van der Waals surface area (Å²) in [5.74, 6) is -0.910. The number of rotatable bonds is 4. The number of nitrogens with one attached hydrogen (secondary N) is 1. The largest absolute Gasteiger partial charge is 0.477 e. The lowest BCUT2D eigenvalue weighted by Crippen LogP contribution is -2.00. The minimum absolute atomic E-state index is 0.316. The summed E-state index contributed by atoms with van der Waals surface area (Å²) in [5.41, 5.74) is 2.78. The van der Waals surface area contributed by atoms with E-state index in [0.717, 1.165) is 16.3 Å².